The van der Waals surface area contributed by atoms with Gasteiger partial charge in [-0.05, 0) is 24.4 Å². The number of halogens is 1. The molecule has 1 aromatic rings. The number of aromatic nitrogens is 2. The van der Waals surface area contributed by atoms with Gasteiger partial charge in [0.1, 0.15) is 0 Å². The summed E-state index contributed by atoms with van der Waals surface area (Å²) in [7, 11) is 0. The summed E-state index contributed by atoms with van der Waals surface area (Å²) in [5.41, 5.74) is -0.586. The molecule has 15 heavy (non-hydrogen) atoms. The molecule has 0 radical (unpaired) electrons. The second-order valence-electron chi connectivity index (χ2n) is 3.72. The van der Waals surface area contributed by atoms with Crippen LogP contribution >= 0.6 is 11.6 Å². The van der Waals surface area contributed by atoms with Crippen molar-refractivity contribution in [3.8, 4) is 0 Å². The van der Waals surface area contributed by atoms with Crippen LogP contribution in [0.3, 0.4) is 0 Å². The molecule has 1 fully saturated rings. The van der Waals surface area contributed by atoms with Crippen molar-refractivity contribution in [1.82, 2.24) is 9.97 Å². The summed E-state index contributed by atoms with van der Waals surface area (Å²) < 4.78 is 0. The van der Waals surface area contributed by atoms with E-state index >= 15 is 0 Å². The summed E-state index contributed by atoms with van der Waals surface area (Å²) in [6, 6.07) is 0. The molecule has 0 unspecified atom stereocenters. The Bertz CT molecular complexity index is 387. The fourth-order valence-electron chi connectivity index (χ4n) is 1.72. The Balaban J connectivity index is 2.13. The molecule has 2 N–H and O–H groups in total. The molecular formula is C9H9ClN2O3. The summed E-state index contributed by atoms with van der Waals surface area (Å²) in [5, 5.41) is 18.8. The van der Waals surface area contributed by atoms with Crippen molar-refractivity contribution >= 4 is 17.6 Å². The van der Waals surface area contributed by atoms with Crippen molar-refractivity contribution in [2.24, 2.45) is 5.92 Å². The number of carboxylic acid groups (broad SMARTS) is 1. The first-order valence-corrected chi connectivity index (χ1v) is 4.82. The smallest absolute Gasteiger partial charge is 0.306 e. The van der Waals surface area contributed by atoms with E-state index in [4.69, 9.17) is 16.7 Å². The lowest BCUT2D eigenvalue weighted by Crippen LogP contribution is -2.44. The molecular weight excluding hydrogens is 220 g/mol. The minimum absolute atomic E-state index is 0.108. The Morgan fingerprint density at radius 2 is 2.00 bits per heavy atom. The standard InChI is InChI=1S/C9H9ClN2O3/c10-8-11-3-6(4-12-8)9(15)1-5(2-9)7(13)14/h3-5,15H,1-2H2,(H,13,14)/t5-,9-. The molecule has 5 nitrogen and oxygen atoms in total. The first-order chi connectivity index (χ1) is 7.01. The topological polar surface area (TPSA) is 83.3 Å². The number of nitrogens with zero attached hydrogens (tertiary/aromatic N) is 2. The first-order valence-electron chi connectivity index (χ1n) is 4.44. The van der Waals surface area contributed by atoms with Gasteiger partial charge in [0.05, 0.1) is 11.5 Å². The number of aliphatic carboxylic acids is 1. The Hall–Kier alpha value is -1.20. The van der Waals surface area contributed by atoms with Gasteiger partial charge in [0, 0.05) is 18.0 Å². The number of hydrogen-bond acceptors (Lipinski definition) is 4. The zero-order valence-electron chi connectivity index (χ0n) is 7.72. The van der Waals surface area contributed by atoms with E-state index in [1.54, 1.807) is 0 Å². The van der Waals surface area contributed by atoms with Crippen LogP contribution in [0, 0.1) is 5.92 Å². The van der Waals surface area contributed by atoms with Crippen LogP contribution in [0.5, 0.6) is 0 Å². The molecule has 0 aliphatic heterocycles. The fourth-order valence-corrected chi connectivity index (χ4v) is 1.82. The highest BCUT2D eigenvalue weighted by molar-refractivity contribution is 6.28. The lowest BCUT2D eigenvalue weighted by Gasteiger charge is -2.41. The van der Waals surface area contributed by atoms with E-state index in [0.717, 1.165) is 0 Å². The molecule has 0 bridgehead atoms. The molecule has 6 heteroatoms. The first kappa shape index (κ1) is 10.3. The van der Waals surface area contributed by atoms with Gasteiger partial charge in [-0.3, -0.25) is 4.79 Å². The van der Waals surface area contributed by atoms with E-state index in [2.05, 4.69) is 9.97 Å². The third-order valence-electron chi connectivity index (χ3n) is 2.68. The Morgan fingerprint density at radius 1 is 1.47 bits per heavy atom. The van der Waals surface area contributed by atoms with Crippen LogP contribution in [0.25, 0.3) is 0 Å². The van der Waals surface area contributed by atoms with Crippen molar-refractivity contribution in [3.05, 3.63) is 23.2 Å². The highest BCUT2D eigenvalue weighted by atomic mass is 35.5. The summed E-state index contributed by atoms with van der Waals surface area (Å²) >= 11 is 5.50. The minimum Gasteiger partial charge on any atom is -0.481 e. The van der Waals surface area contributed by atoms with E-state index in [9.17, 15) is 9.90 Å². The Kier molecular flexibility index (Phi) is 2.36. The van der Waals surface area contributed by atoms with Gasteiger partial charge in [0.2, 0.25) is 5.28 Å². The average molecular weight is 229 g/mol. The summed E-state index contributed by atoms with van der Waals surface area (Å²) in [5.74, 6) is -1.36. The highest BCUT2D eigenvalue weighted by Crippen LogP contribution is 2.45. The lowest BCUT2D eigenvalue weighted by molar-refractivity contribution is -0.159. The largest absolute Gasteiger partial charge is 0.481 e. The van der Waals surface area contributed by atoms with Crippen LogP contribution < -0.4 is 0 Å². The van der Waals surface area contributed by atoms with Gasteiger partial charge >= 0.3 is 5.97 Å². The molecule has 0 atom stereocenters. The van der Waals surface area contributed by atoms with Gasteiger partial charge in [0.15, 0.2) is 0 Å². The predicted molar refractivity (Wildman–Crippen MR) is 51.3 cm³/mol. The van der Waals surface area contributed by atoms with Crippen LogP contribution in [0.15, 0.2) is 12.4 Å². The zero-order valence-corrected chi connectivity index (χ0v) is 8.48. The molecule has 1 aliphatic rings. The van der Waals surface area contributed by atoms with Gasteiger partial charge in [0.25, 0.3) is 0 Å². The van der Waals surface area contributed by atoms with Crippen molar-refractivity contribution in [3.63, 3.8) is 0 Å². The van der Waals surface area contributed by atoms with Crippen LogP contribution in [-0.2, 0) is 10.4 Å². The fraction of sp³-hybridized carbons (Fsp3) is 0.444. The zero-order chi connectivity index (χ0) is 11.1. The van der Waals surface area contributed by atoms with E-state index in [1.165, 1.54) is 12.4 Å². The molecule has 0 amide bonds. The predicted octanol–water partition coefficient (Wildman–Crippen LogP) is 0.812. The molecule has 1 aliphatic carbocycles. The summed E-state index contributed by atoms with van der Waals surface area (Å²) in [6.07, 6.45) is 3.25. The van der Waals surface area contributed by atoms with Crippen LogP contribution in [-0.4, -0.2) is 26.2 Å². The van der Waals surface area contributed by atoms with E-state index in [-0.39, 0.29) is 18.1 Å². The van der Waals surface area contributed by atoms with E-state index in [1.807, 2.05) is 0 Å². The molecule has 2 rings (SSSR count). The SMILES string of the molecule is O=C(O)[C@H]1C[C@@](O)(c2cnc(Cl)nc2)C1. The monoisotopic (exact) mass is 228 g/mol. The lowest BCUT2D eigenvalue weighted by atomic mass is 9.68. The summed E-state index contributed by atoms with van der Waals surface area (Å²) in [4.78, 5) is 18.1. The van der Waals surface area contributed by atoms with E-state index < -0.39 is 17.5 Å². The van der Waals surface area contributed by atoms with Gasteiger partial charge in [-0.2, -0.15) is 0 Å². The molecule has 0 saturated heterocycles. The molecule has 0 aromatic carbocycles. The molecule has 80 valence electrons. The number of carboxylic acids is 1. The van der Waals surface area contributed by atoms with Crippen molar-refractivity contribution in [1.29, 1.82) is 0 Å². The van der Waals surface area contributed by atoms with Crippen molar-refractivity contribution in [2.75, 3.05) is 0 Å². The van der Waals surface area contributed by atoms with Crippen molar-refractivity contribution < 1.29 is 15.0 Å². The second-order valence-corrected chi connectivity index (χ2v) is 4.05. The van der Waals surface area contributed by atoms with Gasteiger partial charge in [-0.1, -0.05) is 0 Å². The molecule has 1 heterocycles. The third kappa shape index (κ3) is 1.80. The second kappa shape index (κ2) is 3.43. The highest BCUT2D eigenvalue weighted by Gasteiger charge is 2.47. The third-order valence-corrected chi connectivity index (χ3v) is 2.87. The van der Waals surface area contributed by atoms with Crippen LogP contribution in [0.2, 0.25) is 5.28 Å². The Labute approximate surface area is 90.7 Å². The Morgan fingerprint density at radius 3 is 2.47 bits per heavy atom. The average Bonchev–Trinajstić information content (AvgIpc) is 2.13. The van der Waals surface area contributed by atoms with Crippen LogP contribution in [0.4, 0.5) is 0 Å². The molecule has 0 spiro atoms. The van der Waals surface area contributed by atoms with Gasteiger partial charge in [-0.25, -0.2) is 9.97 Å². The maximum Gasteiger partial charge on any atom is 0.306 e. The van der Waals surface area contributed by atoms with Gasteiger partial charge in [-0.15, -0.1) is 0 Å². The minimum atomic E-state index is -1.10. The van der Waals surface area contributed by atoms with Crippen LogP contribution in [0.1, 0.15) is 18.4 Å². The quantitative estimate of drug-likeness (QED) is 0.732. The van der Waals surface area contributed by atoms with Gasteiger partial charge < -0.3 is 10.2 Å². The maximum atomic E-state index is 10.6. The maximum absolute atomic E-state index is 10.6. The number of rotatable bonds is 2. The number of aliphatic hydroxyl groups is 1. The number of hydrogen-bond donors (Lipinski definition) is 2. The molecule has 1 saturated carbocycles. The summed E-state index contributed by atoms with van der Waals surface area (Å²) in [6.45, 7) is 0. The number of carbonyl (C=O) groups is 1. The molecule has 1 aromatic heterocycles. The van der Waals surface area contributed by atoms with Crippen molar-refractivity contribution in [2.45, 2.75) is 18.4 Å². The van der Waals surface area contributed by atoms with E-state index in [0.29, 0.717) is 5.56 Å². The normalized spacial score (nSPS) is 29.6.